The predicted molar refractivity (Wildman–Crippen MR) is 81.5 cm³/mol. The summed E-state index contributed by atoms with van der Waals surface area (Å²) < 4.78 is 0. The van der Waals surface area contributed by atoms with Gasteiger partial charge < -0.3 is 10.2 Å². The highest BCUT2D eigenvalue weighted by Crippen LogP contribution is 2.26. The molecule has 1 aliphatic rings. The minimum Gasteiger partial charge on any atom is -0.356 e. The standard InChI is InChI=1S/C16H27N3/c1-5-17-10-15-8-14(4)18-16(9-15)19-7-6-12(2)13(3)11-19/h8-9,12-13,17H,5-7,10-11H2,1-4H3. The topological polar surface area (TPSA) is 28.2 Å². The van der Waals surface area contributed by atoms with Gasteiger partial charge in [0.05, 0.1) is 0 Å². The third-order valence-corrected chi connectivity index (χ3v) is 4.24. The van der Waals surface area contributed by atoms with E-state index in [9.17, 15) is 0 Å². The maximum Gasteiger partial charge on any atom is 0.129 e. The molecular weight excluding hydrogens is 234 g/mol. The Bertz CT molecular complexity index is 416. The van der Waals surface area contributed by atoms with E-state index in [4.69, 9.17) is 4.98 Å². The van der Waals surface area contributed by atoms with E-state index < -0.39 is 0 Å². The lowest BCUT2D eigenvalue weighted by Gasteiger charge is -2.36. The second kappa shape index (κ2) is 6.38. The Morgan fingerprint density at radius 3 is 2.79 bits per heavy atom. The minimum absolute atomic E-state index is 0.758. The van der Waals surface area contributed by atoms with Gasteiger partial charge in [0, 0.05) is 25.3 Å². The van der Waals surface area contributed by atoms with E-state index in [1.165, 1.54) is 12.0 Å². The Hall–Kier alpha value is -1.09. The van der Waals surface area contributed by atoms with Crippen LogP contribution in [-0.4, -0.2) is 24.6 Å². The molecule has 1 aromatic rings. The molecule has 1 saturated heterocycles. The fourth-order valence-electron chi connectivity index (χ4n) is 2.73. The number of nitrogens with one attached hydrogen (secondary N) is 1. The molecule has 1 aromatic heterocycles. The van der Waals surface area contributed by atoms with E-state index in [0.29, 0.717) is 0 Å². The lowest BCUT2D eigenvalue weighted by molar-refractivity contribution is 0.322. The largest absolute Gasteiger partial charge is 0.356 e. The molecule has 0 aliphatic carbocycles. The van der Waals surface area contributed by atoms with Crippen molar-refractivity contribution in [1.82, 2.24) is 10.3 Å². The van der Waals surface area contributed by atoms with Gasteiger partial charge in [-0.3, -0.25) is 0 Å². The van der Waals surface area contributed by atoms with Gasteiger partial charge in [0.25, 0.3) is 0 Å². The molecule has 1 N–H and O–H groups in total. The van der Waals surface area contributed by atoms with Crippen molar-refractivity contribution in [3.8, 4) is 0 Å². The van der Waals surface area contributed by atoms with E-state index in [-0.39, 0.29) is 0 Å². The molecule has 0 saturated carbocycles. The molecule has 2 atom stereocenters. The highest BCUT2D eigenvalue weighted by molar-refractivity contribution is 5.43. The van der Waals surface area contributed by atoms with Gasteiger partial charge in [-0.1, -0.05) is 20.8 Å². The summed E-state index contributed by atoms with van der Waals surface area (Å²) in [5, 5.41) is 3.39. The number of hydrogen-bond acceptors (Lipinski definition) is 3. The van der Waals surface area contributed by atoms with E-state index in [1.807, 2.05) is 0 Å². The van der Waals surface area contributed by atoms with Crippen LogP contribution in [-0.2, 0) is 6.54 Å². The number of aryl methyl sites for hydroxylation is 1. The monoisotopic (exact) mass is 261 g/mol. The van der Waals surface area contributed by atoms with Gasteiger partial charge in [-0.2, -0.15) is 0 Å². The second-order valence-electron chi connectivity index (χ2n) is 5.94. The summed E-state index contributed by atoms with van der Waals surface area (Å²) in [5.41, 5.74) is 2.47. The van der Waals surface area contributed by atoms with Crippen LogP contribution in [0.15, 0.2) is 12.1 Å². The van der Waals surface area contributed by atoms with Crippen LogP contribution in [0.3, 0.4) is 0 Å². The molecule has 3 nitrogen and oxygen atoms in total. The number of anilines is 1. The minimum atomic E-state index is 0.758. The molecular formula is C16H27N3. The first-order valence-corrected chi connectivity index (χ1v) is 7.53. The van der Waals surface area contributed by atoms with Crippen LogP contribution in [0.2, 0.25) is 0 Å². The van der Waals surface area contributed by atoms with Crippen molar-refractivity contribution in [2.45, 2.75) is 40.7 Å². The van der Waals surface area contributed by atoms with Gasteiger partial charge in [-0.05, 0) is 49.4 Å². The van der Waals surface area contributed by atoms with Crippen LogP contribution >= 0.6 is 0 Å². The number of aromatic nitrogens is 1. The van der Waals surface area contributed by atoms with Crippen LogP contribution in [0.25, 0.3) is 0 Å². The molecule has 2 heterocycles. The number of hydrogen-bond donors (Lipinski definition) is 1. The lowest BCUT2D eigenvalue weighted by atomic mass is 9.89. The Balaban J connectivity index is 2.13. The highest BCUT2D eigenvalue weighted by atomic mass is 15.2. The number of rotatable bonds is 4. The molecule has 2 unspecified atom stereocenters. The molecule has 0 bridgehead atoms. The van der Waals surface area contributed by atoms with Crippen molar-refractivity contribution in [3.63, 3.8) is 0 Å². The predicted octanol–water partition coefficient (Wildman–Crippen LogP) is 2.98. The molecule has 0 amide bonds. The fraction of sp³-hybridized carbons (Fsp3) is 0.688. The first kappa shape index (κ1) is 14.3. The smallest absolute Gasteiger partial charge is 0.129 e. The van der Waals surface area contributed by atoms with Crippen molar-refractivity contribution in [1.29, 1.82) is 0 Å². The molecule has 1 aliphatic heterocycles. The van der Waals surface area contributed by atoms with Gasteiger partial charge in [0.1, 0.15) is 5.82 Å². The van der Waals surface area contributed by atoms with Gasteiger partial charge in [0.15, 0.2) is 0 Å². The van der Waals surface area contributed by atoms with Crippen molar-refractivity contribution in [2.24, 2.45) is 11.8 Å². The summed E-state index contributed by atoms with van der Waals surface area (Å²) >= 11 is 0. The van der Waals surface area contributed by atoms with Crippen LogP contribution in [0.5, 0.6) is 0 Å². The summed E-state index contributed by atoms with van der Waals surface area (Å²) in [4.78, 5) is 7.17. The molecule has 3 heteroatoms. The molecule has 0 spiro atoms. The summed E-state index contributed by atoms with van der Waals surface area (Å²) in [5.74, 6) is 2.75. The Kier molecular flexibility index (Phi) is 4.81. The summed E-state index contributed by atoms with van der Waals surface area (Å²) in [6.45, 7) is 13.2. The van der Waals surface area contributed by atoms with Gasteiger partial charge in [-0.25, -0.2) is 4.98 Å². The zero-order valence-corrected chi connectivity index (χ0v) is 12.7. The first-order chi connectivity index (χ1) is 9.10. The number of nitrogens with zero attached hydrogens (tertiary/aromatic N) is 2. The molecule has 0 radical (unpaired) electrons. The molecule has 106 valence electrons. The molecule has 0 aromatic carbocycles. The van der Waals surface area contributed by atoms with Crippen LogP contribution in [0.1, 0.15) is 38.4 Å². The highest BCUT2D eigenvalue weighted by Gasteiger charge is 2.23. The average Bonchev–Trinajstić information content (AvgIpc) is 2.39. The van der Waals surface area contributed by atoms with E-state index >= 15 is 0 Å². The lowest BCUT2D eigenvalue weighted by Crippen LogP contribution is -2.39. The molecule has 1 fully saturated rings. The van der Waals surface area contributed by atoms with Crippen LogP contribution in [0, 0.1) is 18.8 Å². The first-order valence-electron chi connectivity index (χ1n) is 7.53. The van der Waals surface area contributed by atoms with Crippen molar-refractivity contribution < 1.29 is 0 Å². The number of piperidine rings is 1. The maximum atomic E-state index is 4.72. The Labute approximate surface area is 117 Å². The van der Waals surface area contributed by atoms with E-state index in [0.717, 1.165) is 49.5 Å². The second-order valence-corrected chi connectivity index (χ2v) is 5.94. The van der Waals surface area contributed by atoms with E-state index in [2.05, 4.69) is 50.0 Å². The Morgan fingerprint density at radius 2 is 2.11 bits per heavy atom. The van der Waals surface area contributed by atoms with Crippen molar-refractivity contribution in [2.75, 3.05) is 24.5 Å². The van der Waals surface area contributed by atoms with Crippen LogP contribution < -0.4 is 10.2 Å². The van der Waals surface area contributed by atoms with Gasteiger partial charge in [0.2, 0.25) is 0 Å². The van der Waals surface area contributed by atoms with Gasteiger partial charge in [-0.15, -0.1) is 0 Å². The molecule has 19 heavy (non-hydrogen) atoms. The zero-order valence-electron chi connectivity index (χ0n) is 12.7. The Morgan fingerprint density at radius 1 is 1.32 bits per heavy atom. The average molecular weight is 261 g/mol. The van der Waals surface area contributed by atoms with Crippen molar-refractivity contribution in [3.05, 3.63) is 23.4 Å². The maximum absolute atomic E-state index is 4.72. The van der Waals surface area contributed by atoms with Crippen LogP contribution in [0.4, 0.5) is 5.82 Å². The summed E-state index contributed by atoms with van der Waals surface area (Å²) in [6, 6.07) is 4.43. The van der Waals surface area contributed by atoms with E-state index in [1.54, 1.807) is 0 Å². The third-order valence-electron chi connectivity index (χ3n) is 4.24. The normalized spacial score (nSPS) is 23.7. The fourth-order valence-corrected chi connectivity index (χ4v) is 2.73. The quantitative estimate of drug-likeness (QED) is 0.903. The zero-order chi connectivity index (χ0) is 13.8. The summed E-state index contributed by atoms with van der Waals surface area (Å²) in [6.07, 6.45) is 1.28. The van der Waals surface area contributed by atoms with Gasteiger partial charge >= 0.3 is 0 Å². The number of pyridine rings is 1. The van der Waals surface area contributed by atoms with Crippen molar-refractivity contribution >= 4 is 5.82 Å². The SMILES string of the molecule is CCNCc1cc(C)nc(N2CCC(C)C(C)C2)c1. The summed E-state index contributed by atoms with van der Waals surface area (Å²) in [7, 11) is 0. The third kappa shape index (κ3) is 3.69. The molecule has 2 rings (SSSR count).